The van der Waals surface area contributed by atoms with Crippen LogP contribution in [-0.4, -0.2) is 48.4 Å². The van der Waals surface area contributed by atoms with Crippen molar-refractivity contribution in [1.29, 1.82) is 0 Å². The average molecular weight is 504 g/mol. The van der Waals surface area contributed by atoms with Gasteiger partial charge in [-0.3, -0.25) is 0 Å². The third kappa shape index (κ3) is 12.1. The maximum absolute atomic E-state index is 10.4. The monoisotopic (exact) mass is 504 g/mol. The zero-order chi connectivity index (χ0) is 26.8. The van der Waals surface area contributed by atoms with Crippen molar-refractivity contribution in [2.45, 2.75) is 0 Å². The van der Waals surface area contributed by atoms with Crippen molar-refractivity contribution in [3.05, 3.63) is 95.2 Å². The van der Waals surface area contributed by atoms with Crippen molar-refractivity contribution >= 4 is 0 Å². The molecular formula is C20H24N8O8. The topological polar surface area (TPSA) is 196 Å². The summed E-state index contributed by atoms with van der Waals surface area (Å²) < 4.78 is 21.2. The lowest BCUT2D eigenvalue weighted by Gasteiger charge is -1.95. The molecule has 0 aromatic carbocycles. The molecule has 36 heavy (non-hydrogen) atoms. The summed E-state index contributed by atoms with van der Waals surface area (Å²) in [5.41, 5.74) is 0. The van der Waals surface area contributed by atoms with Gasteiger partial charge >= 0.3 is 0 Å². The minimum Gasteiger partial charge on any atom is -0.619 e. The molecule has 0 fully saturated rings. The lowest BCUT2D eigenvalue weighted by atomic mass is 10.7. The Hall–Kier alpha value is -5.28. The molecule has 4 aromatic rings. The fraction of sp³-hybridized carbons (Fsp3) is 0.200. The molecule has 0 saturated carbocycles. The van der Waals surface area contributed by atoms with Gasteiger partial charge in [-0.2, -0.15) is 18.9 Å². The second kappa shape index (κ2) is 16.4. The molecular weight excluding hydrogens is 480 g/mol. The van der Waals surface area contributed by atoms with Crippen LogP contribution in [0.25, 0.3) is 0 Å². The van der Waals surface area contributed by atoms with Gasteiger partial charge < -0.3 is 39.8 Å². The predicted octanol–water partition coefficient (Wildman–Crippen LogP) is -1.11. The van der Waals surface area contributed by atoms with Gasteiger partial charge in [-0.05, 0) is 0 Å². The van der Waals surface area contributed by atoms with E-state index in [1.54, 1.807) is 0 Å². The Labute approximate surface area is 205 Å². The summed E-state index contributed by atoms with van der Waals surface area (Å²) in [7, 11) is 5.84. The first-order valence-corrected chi connectivity index (χ1v) is 9.66. The molecule has 0 spiro atoms. The molecule has 192 valence electrons. The molecule has 0 aliphatic rings. The smallest absolute Gasteiger partial charge is 0.280 e. The van der Waals surface area contributed by atoms with E-state index in [1.807, 2.05) is 0 Å². The highest BCUT2D eigenvalue weighted by Gasteiger charge is 1.96. The molecule has 0 radical (unpaired) electrons. The molecule has 0 aliphatic carbocycles. The number of methoxy groups -OCH3 is 4. The minimum atomic E-state index is 0.326. The second-order valence-corrected chi connectivity index (χ2v) is 5.83. The van der Waals surface area contributed by atoms with Gasteiger partial charge in [-0.25, -0.2) is 19.9 Å². The Balaban J connectivity index is 0.000000240. The fourth-order valence-corrected chi connectivity index (χ4v) is 1.85. The first kappa shape index (κ1) is 28.8. The molecule has 0 atom stereocenters. The first-order chi connectivity index (χ1) is 17.3. The van der Waals surface area contributed by atoms with E-state index < -0.39 is 0 Å². The third-order valence-electron chi connectivity index (χ3n) is 3.45. The van der Waals surface area contributed by atoms with Gasteiger partial charge in [-0.1, -0.05) is 0 Å². The summed E-state index contributed by atoms with van der Waals surface area (Å²) in [6, 6.07) is 0. The van der Waals surface area contributed by atoms with Crippen LogP contribution in [0, 0.1) is 20.8 Å². The van der Waals surface area contributed by atoms with Gasteiger partial charge in [0.15, 0.2) is 24.8 Å². The van der Waals surface area contributed by atoms with Crippen molar-refractivity contribution in [3.8, 4) is 23.5 Å². The van der Waals surface area contributed by atoms with Crippen molar-refractivity contribution in [2.24, 2.45) is 0 Å². The Morgan fingerprint density at radius 3 is 0.750 bits per heavy atom. The van der Waals surface area contributed by atoms with E-state index >= 15 is 0 Å². The zero-order valence-corrected chi connectivity index (χ0v) is 19.8. The van der Waals surface area contributed by atoms with E-state index in [0.717, 1.165) is 0 Å². The predicted molar refractivity (Wildman–Crippen MR) is 119 cm³/mol. The average Bonchev–Trinajstić information content (AvgIpc) is 2.89. The third-order valence-corrected chi connectivity index (χ3v) is 3.45. The highest BCUT2D eigenvalue weighted by molar-refractivity contribution is 4.98. The van der Waals surface area contributed by atoms with Crippen LogP contribution in [0.1, 0.15) is 0 Å². The van der Waals surface area contributed by atoms with E-state index in [2.05, 4.69) is 38.9 Å². The van der Waals surface area contributed by atoms with Gasteiger partial charge in [-0.15, -0.1) is 0 Å². The Bertz CT molecular complexity index is 990. The summed E-state index contributed by atoms with van der Waals surface area (Å²) in [5.74, 6) is 1.31. The van der Waals surface area contributed by atoms with Crippen LogP contribution < -0.4 is 37.9 Å². The van der Waals surface area contributed by atoms with Crippen LogP contribution in [-0.2, 0) is 0 Å². The number of hydrogen-bond donors (Lipinski definition) is 0. The number of aromatic nitrogens is 8. The quantitative estimate of drug-likeness (QED) is 0.240. The molecule has 16 heteroatoms. The lowest BCUT2D eigenvalue weighted by molar-refractivity contribution is -0.606. The van der Waals surface area contributed by atoms with Crippen molar-refractivity contribution in [1.82, 2.24) is 19.9 Å². The van der Waals surface area contributed by atoms with Gasteiger partial charge in [0.1, 0.15) is 0 Å². The van der Waals surface area contributed by atoms with Crippen LogP contribution in [0.5, 0.6) is 23.5 Å². The highest BCUT2D eigenvalue weighted by Crippen LogP contribution is 1.97. The molecule has 0 saturated heterocycles. The molecule has 4 aromatic heterocycles. The molecule has 0 aliphatic heterocycles. The Kier molecular flexibility index (Phi) is 13.1. The van der Waals surface area contributed by atoms with Gasteiger partial charge in [0.05, 0.1) is 53.2 Å². The zero-order valence-electron chi connectivity index (χ0n) is 19.8. The van der Waals surface area contributed by atoms with E-state index in [4.69, 9.17) is 0 Å². The molecule has 4 rings (SSSR count). The number of nitrogens with zero attached hydrogens (tertiary/aromatic N) is 8. The Morgan fingerprint density at radius 1 is 0.444 bits per heavy atom. The second-order valence-electron chi connectivity index (χ2n) is 5.83. The number of rotatable bonds is 4. The van der Waals surface area contributed by atoms with Crippen LogP contribution >= 0.6 is 0 Å². The van der Waals surface area contributed by atoms with E-state index in [9.17, 15) is 20.8 Å². The minimum absolute atomic E-state index is 0.326. The summed E-state index contributed by atoms with van der Waals surface area (Å²) in [5, 5.41) is 41.8. The summed E-state index contributed by atoms with van der Waals surface area (Å²) in [4.78, 5) is 14.9. The molecule has 0 bridgehead atoms. The van der Waals surface area contributed by atoms with Crippen LogP contribution in [0.3, 0.4) is 0 Å². The normalized spacial score (nSPS) is 9.00. The molecule has 0 N–H and O–H groups in total. The number of hydrogen-bond acceptors (Lipinski definition) is 12. The van der Waals surface area contributed by atoms with E-state index in [1.165, 1.54) is 103 Å². The van der Waals surface area contributed by atoms with Gasteiger partial charge in [0.25, 0.3) is 23.5 Å². The van der Waals surface area contributed by atoms with Crippen LogP contribution in [0.4, 0.5) is 0 Å². The van der Waals surface area contributed by atoms with Crippen LogP contribution in [0.2, 0.25) is 0 Å². The van der Waals surface area contributed by atoms with Crippen LogP contribution in [0.15, 0.2) is 74.4 Å². The summed E-state index contributed by atoms with van der Waals surface area (Å²) in [6.45, 7) is 0. The van der Waals surface area contributed by atoms with Gasteiger partial charge in [0, 0.05) is 0 Å². The summed E-state index contributed by atoms with van der Waals surface area (Å²) >= 11 is 0. The van der Waals surface area contributed by atoms with Crippen molar-refractivity contribution in [2.75, 3.05) is 28.4 Å². The maximum Gasteiger partial charge on any atom is 0.280 e. The maximum atomic E-state index is 10.4. The Morgan fingerprint density at radius 2 is 0.639 bits per heavy atom. The lowest BCUT2D eigenvalue weighted by Crippen LogP contribution is -2.24. The standard InChI is InChI=1S/4C5H6N2O2/c4*1-9-5-4-7(8)3-2-6-5/h4*2-4H,1H3. The summed E-state index contributed by atoms with van der Waals surface area (Å²) in [6.07, 6.45) is 15.7. The molecule has 4 heterocycles. The molecule has 0 unspecified atom stereocenters. The SMILES string of the molecule is COc1c[n+]([O-])ccn1.COc1c[n+]([O-])ccn1.COc1c[n+]([O-])ccn1.COc1c[n+]([O-])ccn1. The molecule has 16 nitrogen and oxygen atoms in total. The van der Waals surface area contributed by atoms with Crippen molar-refractivity contribution in [3.63, 3.8) is 0 Å². The van der Waals surface area contributed by atoms with E-state index in [-0.39, 0.29) is 0 Å². The largest absolute Gasteiger partial charge is 0.619 e. The van der Waals surface area contributed by atoms with E-state index in [0.29, 0.717) is 42.4 Å². The fourth-order valence-electron chi connectivity index (χ4n) is 1.85. The number of ether oxygens (including phenoxy) is 4. The van der Waals surface area contributed by atoms with Crippen molar-refractivity contribution < 1.29 is 37.9 Å². The molecule has 0 amide bonds. The highest BCUT2D eigenvalue weighted by atomic mass is 16.5. The van der Waals surface area contributed by atoms with Gasteiger partial charge in [0.2, 0.25) is 24.8 Å². The first-order valence-electron chi connectivity index (χ1n) is 9.66.